The van der Waals surface area contributed by atoms with Crippen molar-refractivity contribution in [3.05, 3.63) is 59.3 Å². The second-order valence-electron chi connectivity index (χ2n) is 3.39. The molecule has 1 heterocycles. The van der Waals surface area contributed by atoms with Crippen molar-refractivity contribution < 1.29 is 9.47 Å². The lowest BCUT2D eigenvalue weighted by atomic mass is 10.1. The molecule has 0 saturated carbocycles. The van der Waals surface area contributed by atoms with Crippen molar-refractivity contribution in [1.29, 1.82) is 0 Å². The molecule has 0 fully saturated rings. The van der Waals surface area contributed by atoms with Gasteiger partial charge in [-0.05, 0) is 17.7 Å². The van der Waals surface area contributed by atoms with Crippen molar-refractivity contribution in [2.45, 2.75) is 6.42 Å². The lowest BCUT2D eigenvalue weighted by Gasteiger charge is -2.05. The Hall–Kier alpha value is -2.10. The molecule has 1 aromatic carbocycles. The lowest BCUT2D eigenvalue weighted by Crippen LogP contribution is -2.32. The van der Waals surface area contributed by atoms with Crippen LogP contribution in [0.25, 0.3) is 0 Å². The maximum Gasteiger partial charge on any atom is 0.305 e. The van der Waals surface area contributed by atoms with Gasteiger partial charge >= 0.3 is 5.82 Å². The molecule has 0 radical (unpaired) electrons. The highest BCUT2D eigenvalue weighted by Crippen LogP contribution is 2.13. The van der Waals surface area contributed by atoms with Crippen molar-refractivity contribution in [1.82, 2.24) is 4.98 Å². The van der Waals surface area contributed by atoms with Crippen LogP contribution < -0.4 is 9.47 Å². The first kappa shape index (κ1) is 10.4. The van der Waals surface area contributed by atoms with Gasteiger partial charge in [0.2, 0.25) is 0 Å². The summed E-state index contributed by atoms with van der Waals surface area (Å²) >= 11 is 0. The fourth-order valence-electron chi connectivity index (χ4n) is 1.48. The highest BCUT2D eigenvalue weighted by molar-refractivity contribution is 5.29. The van der Waals surface area contributed by atoms with E-state index >= 15 is 0 Å². The quantitative estimate of drug-likeness (QED) is 0.574. The molecule has 0 spiro atoms. The van der Waals surface area contributed by atoms with Gasteiger partial charge in [0.15, 0.2) is 0 Å². The molecule has 4 heteroatoms. The van der Waals surface area contributed by atoms with Crippen molar-refractivity contribution in [2.24, 2.45) is 0 Å². The lowest BCUT2D eigenvalue weighted by molar-refractivity contribution is -0.617. The van der Waals surface area contributed by atoms with Crippen LogP contribution in [-0.4, -0.2) is 12.1 Å². The number of hydrogen-bond donors (Lipinski definition) is 0. The first-order valence-electron chi connectivity index (χ1n) is 4.95. The third-order valence-electron chi connectivity index (χ3n) is 2.28. The van der Waals surface area contributed by atoms with E-state index in [1.807, 2.05) is 24.3 Å². The van der Waals surface area contributed by atoms with Gasteiger partial charge in [-0.25, -0.2) is 4.73 Å². The summed E-state index contributed by atoms with van der Waals surface area (Å²) in [6, 6.07) is 9.22. The fraction of sp³-hybridized carbons (Fsp3) is 0.167. The van der Waals surface area contributed by atoms with Gasteiger partial charge in [-0.2, -0.15) is 0 Å². The second-order valence-corrected chi connectivity index (χ2v) is 3.39. The minimum absolute atomic E-state index is 0.482. The van der Waals surface area contributed by atoms with Crippen LogP contribution in [0.15, 0.2) is 42.7 Å². The first-order valence-corrected chi connectivity index (χ1v) is 4.95. The fourth-order valence-corrected chi connectivity index (χ4v) is 1.48. The largest absolute Gasteiger partial charge is 0.711 e. The molecule has 0 aliphatic rings. The molecule has 82 valence electrons. The average Bonchev–Trinajstić information content (AvgIpc) is 2.32. The maximum absolute atomic E-state index is 11.4. The number of benzene rings is 1. The van der Waals surface area contributed by atoms with E-state index in [-0.39, 0.29) is 0 Å². The Morgan fingerprint density at radius 1 is 1.38 bits per heavy atom. The van der Waals surface area contributed by atoms with Crippen LogP contribution in [0.1, 0.15) is 11.4 Å². The van der Waals surface area contributed by atoms with E-state index in [0.29, 0.717) is 12.2 Å². The molecule has 0 unspecified atom stereocenters. The van der Waals surface area contributed by atoms with E-state index in [0.717, 1.165) is 16.0 Å². The van der Waals surface area contributed by atoms with Crippen LogP contribution in [0.5, 0.6) is 5.75 Å². The zero-order chi connectivity index (χ0) is 11.4. The highest BCUT2D eigenvalue weighted by Gasteiger charge is 2.07. The molecule has 4 nitrogen and oxygen atoms in total. The molecule has 0 aliphatic heterocycles. The highest BCUT2D eigenvalue weighted by atomic mass is 16.5. The average molecular weight is 216 g/mol. The van der Waals surface area contributed by atoms with E-state index in [9.17, 15) is 5.21 Å². The Morgan fingerprint density at radius 3 is 3.00 bits per heavy atom. The molecule has 1 aromatic heterocycles. The zero-order valence-corrected chi connectivity index (χ0v) is 8.96. The van der Waals surface area contributed by atoms with Crippen molar-refractivity contribution in [3.63, 3.8) is 0 Å². The first-order chi connectivity index (χ1) is 7.79. The minimum atomic E-state index is 0.482. The Labute approximate surface area is 93.7 Å². The van der Waals surface area contributed by atoms with Gasteiger partial charge in [-0.3, -0.25) is 0 Å². The zero-order valence-electron chi connectivity index (χ0n) is 8.96. The van der Waals surface area contributed by atoms with Gasteiger partial charge < -0.3 is 9.94 Å². The normalized spacial score (nSPS) is 10.1. The van der Waals surface area contributed by atoms with Crippen LogP contribution in [0.2, 0.25) is 0 Å². The van der Waals surface area contributed by atoms with Crippen LogP contribution in [0.4, 0.5) is 0 Å². The summed E-state index contributed by atoms with van der Waals surface area (Å²) in [5.41, 5.74) is 1.00. The van der Waals surface area contributed by atoms with E-state index in [4.69, 9.17) is 4.74 Å². The van der Waals surface area contributed by atoms with E-state index in [2.05, 4.69) is 4.98 Å². The van der Waals surface area contributed by atoms with E-state index < -0.39 is 0 Å². The Morgan fingerprint density at radius 2 is 2.25 bits per heavy atom. The Balaban J connectivity index is 2.24. The summed E-state index contributed by atoms with van der Waals surface area (Å²) in [7, 11) is 1.62. The van der Waals surface area contributed by atoms with Crippen molar-refractivity contribution in [3.8, 4) is 5.75 Å². The summed E-state index contributed by atoms with van der Waals surface area (Å²) in [4.78, 5) is 4.04. The van der Waals surface area contributed by atoms with E-state index in [1.54, 1.807) is 19.4 Å². The number of ether oxygens (including phenoxy) is 1. The van der Waals surface area contributed by atoms with Gasteiger partial charge in [0.25, 0.3) is 0 Å². The predicted molar refractivity (Wildman–Crippen MR) is 59.0 cm³/mol. The summed E-state index contributed by atoms with van der Waals surface area (Å²) in [5.74, 6) is 1.27. The van der Waals surface area contributed by atoms with Crippen LogP contribution in [0.3, 0.4) is 0 Å². The monoisotopic (exact) mass is 216 g/mol. The molecule has 0 aliphatic carbocycles. The predicted octanol–water partition coefficient (Wildman–Crippen LogP) is 1.31. The number of aromatic nitrogens is 2. The molecule has 0 N–H and O–H groups in total. The van der Waals surface area contributed by atoms with E-state index in [1.165, 1.54) is 6.20 Å². The molecule has 2 aromatic rings. The summed E-state index contributed by atoms with van der Waals surface area (Å²) < 4.78 is 5.89. The summed E-state index contributed by atoms with van der Waals surface area (Å²) in [6.07, 6.45) is 3.56. The third-order valence-corrected chi connectivity index (χ3v) is 2.28. The molecule has 2 rings (SSSR count). The topological polar surface area (TPSA) is 49.1 Å². The van der Waals surface area contributed by atoms with Crippen molar-refractivity contribution >= 4 is 0 Å². The minimum Gasteiger partial charge on any atom is -0.711 e. The summed E-state index contributed by atoms with van der Waals surface area (Å²) in [5, 5.41) is 11.4. The molecule has 0 atom stereocenters. The number of hydrogen-bond acceptors (Lipinski definition) is 3. The SMILES string of the molecule is COc1cccc(Cc2nccc[n+]2[O-])c1. The molecule has 16 heavy (non-hydrogen) atoms. The van der Waals surface area contributed by atoms with Crippen LogP contribution in [0, 0.1) is 5.21 Å². The van der Waals surface area contributed by atoms with Gasteiger partial charge in [-0.15, -0.1) is 0 Å². The smallest absolute Gasteiger partial charge is 0.305 e. The van der Waals surface area contributed by atoms with Gasteiger partial charge in [-0.1, -0.05) is 17.1 Å². The standard InChI is InChI=1S/C12H12N2O2/c1-16-11-5-2-4-10(8-11)9-12-13-6-3-7-14(12)15/h2-8H,9H2,1H3. The van der Waals surface area contributed by atoms with Crippen LogP contribution >= 0.6 is 0 Å². The Bertz CT molecular complexity index is 486. The molecule has 0 bridgehead atoms. The third kappa shape index (κ3) is 2.28. The number of rotatable bonds is 3. The molecule has 0 amide bonds. The maximum atomic E-state index is 11.4. The second kappa shape index (κ2) is 4.61. The molecule has 0 saturated heterocycles. The van der Waals surface area contributed by atoms with Gasteiger partial charge in [0, 0.05) is 6.07 Å². The van der Waals surface area contributed by atoms with Crippen molar-refractivity contribution in [2.75, 3.05) is 7.11 Å². The van der Waals surface area contributed by atoms with Gasteiger partial charge in [0.1, 0.15) is 11.9 Å². The van der Waals surface area contributed by atoms with Gasteiger partial charge in [0.05, 0.1) is 19.7 Å². The van der Waals surface area contributed by atoms with Crippen LogP contribution in [-0.2, 0) is 6.42 Å². The molecular formula is C12H12N2O2. The summed E-state index contributed by atoms with van der Waals surface area (Å²) in [6.45, 7) is 0. The Kier molecular flexibility index (Phi) is 3.00. The molecular weight excluding hydrogens is 204 g/mol. The number of methoxy groups -OCH3 is 1. The number of nitrogens with zero attached hydrogens (tertiary/aromatic N) is 2.